The van der Waals surface area contributed by atoms with E-state index in [2.05, 4.69) is 10.3 Å². The summed E-state index contributed by atoms with van der Waals surface area (Å²) < 4.78 is 4.74. The summed E-state index contributed by atoms with van der Waals surface area (Å²) in [6.45, 7) is 0.349. The Hall–Kier alpha value is -1.29. The number of halogens is 1. The van der Waals surface area contributed by atoms with E-state index in [1.807, 2.05) is 6.07 Å². The van der Waals surface area contributed by atoms with Crippen molar-refractivity contribution >= 4 is 17.7 Å². The van der Waals surface area contributed by atoms with Gasteiger partial charge in [0.1, 0.15) is 11.8 Å². The number of alkyl carbamates (subject to hydrolysis) is 1. The van der Waals surface area contributed by atoms with Crippen molar-refractivity contribution in [1.82, 2.24) is 10.3 Å². The Labute approximate surface area is 79.9 Å². The van der Waals surface area contributed by atoms with Crippen LogP contribution in [0.15, 0.2) is 18.3 Å². The summed E-state index contributed by atoms with van der Waals surface area (Å²) in [5, 5.41) is 3.08. The van der Waals surface area contributed by atoms with Crippen LogP contribution in [-0.2, 0) is 4.74 Å². The van der Waals surface area contributed by atoms with E-state index in [0.717, 1.165) is 5.56 Å². The van der Waals surface area contributed by atoms with E-state index >= 15 is 0 Å². The van der Waals surface area contributed by atoms with E-state index in [0.29, 0.717) is 11.8 Å². The van der Waals surface area contributed by atoms with Gasteiger partial charge in [-0.3, -0.25) is 0 Å². The molecule has 1 atom stereocenters. The maximum Gasteiger partial charge on any atom is 0.407 e. The number of amides is 1. The minimum absolute atomic E-state index is 0.0998. The van der Waals surface area contributed by atoms with Gasteiger partial charge in [-0.1, -0.05) is 17.7 Å². The molecule has 1 aliphatic heterocycles. The first-order valence-corrected chi connectivity index (χ1v) is 4.18. The van der Waals surface area contributed by atoms with Crippen molar-refractivity contribution in [3.05, 3.63) is 29.0 Å². The van der Waals surface area contributed by atoms with Crippen molar-refractivity contribution < 1.29 is 9.53 Å². The van der Waals surface area contributed by atoms with E-state index in [4.69, 9.17) is 16.3 Å². The standard InChI is InChI=1S/C8H7ClN2O2/c9-7-2-1-5(3-10-7)6-4-13-8(12)11-6/h1-3,6H,4H2,(H,11,12). The zero-order chi connectivity index (χ0) is 9.26. The predicted molar refractivity (Wildman–Crippen MR) is 46.5 cm³/mol. The zero-order valence-electron chi connectivity index (χ0n) is 6.66. The van der Waals surface area contributed by atoms with Crippen molar-refractivity contribution in [2.75, 3.05) is 6.61 Å². The van der Waals surface area contributed by atoms with Crippen LogP contribution in [0.1, 0.15) is 11.6 Å². The number of cyclic esters (lactones) is 1. The fraction of sp³-hybridized carbons (Fsp3) is 0.250. The second kappa shape index (κ2) is 3.22. The summed E-state index contributed by atoms with van der Waals surface area (Å²) in [6.07, 6.45) is 1.24. The first-order chi connectivity index (χ1) is 6.25. The van der Waals surface area contributed by atoms with Gasteiger partial charge in [0.15, 0.2) is 0 Å². The summed E-state index contributed by atoms with van der Waals surface area (Å²) in [5.41, 5.74) is 0.898. The molecule has 1 fully saturated rings. The molecule has 1 aliphatic rings. The second-order valence-corrected chi connectivity index (χ2v) is 3.10. The normalized spacial score (nSPS) is 21.0. The number of nitrogens with one attached hydrogen (secondary N) is 1. The van der Waals surface area contributed by atoms with E-state index in [1.165, 1.54) is 0 Å². The summed E-state index contributed by atoms with van der Waals surface area (Å²) in [7, 11) is 0. The molecule has 0 radical (unpaired) electrons. The number of carbonyl (C=O) groups excluding carboxylic acids is 1. The Morgan fingerprint density at radius 1 is 1.62 bits per heavy atom. The highest BCUT2D eigenvalue weighted by atomic mass is 35.5. The lowest BCUT2D eigenvalue weighted by molar-refractivity contribution is 0.177. The van der Waals surface area contributed by atoms with Crippen LogP contribution >= 0.6 is 11.6 Å². The molecule has 68 valence electrons. The molecule has 0 bridgehead atoms. The van der Waals surface area contributed by atoms with Gasteiger partial charge in [0.25, 0.3) is 0 Å². The second-order valence-electron chi connectivity index (χ2n) is 2.71. The third kappa shape index (κ3) is 1.72. The Morgan fingerprint density at radius 3 is 3.00 bits per heavy atom. The SMILES string of the molecule is O=C1NC(c2ccc(Cl)nc2)CO1. The van der Waals surface area contributed by atoms with E-state index < -0.39 is 0 Å². The highest BCUT2D eigenvalue weighted by Gasteiger charge is 2.23. The van der Waals surface area contributed by atoms with Crippen molar-refractivity contribution in [3.8, 4) is 0 Å². The van der Waals surface area contributed by atoms with Crippen LogP contribution in [0.2, 0.25) is 5.15 Å². The van der Waals surface area contributed by atoms with Crippen LogP contribution in [0.4, 0.5) is 4.79 Å². The third-order valence-corrected chi connectivity index (χ3v) is 2.05. The number of aromatic nitrogens is 1. The maximum atomic E-state index is 10.7. The quantitative estimate of drug-likeness (QED) is 0.696. The molecule has 1 aromatic heterocycles. The van der Waals surface area contributed by atoms with Crippen LogP contribution in [0.25, 0.3) is 0 Å². The number of nitrogens with zero attached hydrogens (tertiary/aromatic N) is 1. The minimum atomic E-state index is -0.389. The van der Waals surface area contributed by atoms with E-state index in [9.17, 15) is 4.79 Å². The molecule has 1 aromatic rings. The number of carbonyl (C=O) groups is 1. The van der Waals surface area contributed by atoms with Crippen LogP contribution < -0.4 is 5.32 Å². The monoisotopic (exact) mass is 198 g/mol. The molecule has 0 saturated carbocycles. The van der Waals surface area contributed by atoms with Gasteiger partial charge in [0, 0.05) is 6.20 Å². The van der Waals surface area contributed by atoms with E-state index in [1.54, 1.807) is 12.3 Å². The van der Waals surface area contributed by atoms with Gasteiger partial charge in [0.05, 0.1) is 6.04 Å². The largest absolute Gasteiger partial charge is 0.447 e. The van der Waals surface area contributed by atoms with Crippen molar-refractivity contribution in [3.63, 3.8) is 0 Å². The molecule has 0 spiro atoms. The molecule has 2 heterocycles. The van der Waals surface area contributed by atoms with Gasteiger partial charge in [-0.25, -0.2) is 9.78 Å². The zero-order valence-corrected chi connectivity index (χ0v) is 7.41. The first-order valence-electron chi connectivity index (χ1n) is 3.80. The summed E-state index contributed by atoms with van der Waals surface area (Å²) in [5.74, 6) is 0. The number of ether oxygens (including phenoxy) is 1. The highest BCUT2D eigenvalue weighted by Crippen LogP contribution is 2.17. The van der Waals surface area contributed by atoms with Gasteiger partial charge in [-0.15, -0.1) is 0 Å². The highest BCUT2D eigenvalue weighted by molar-refractivity contribution is 6.29. The number of rotatable bonds is 1. The molecular weight excluding hydrogens is 192 g/mol. The molecule has 2 rings (SSSR count). The molecular formula is C8H7ClN2O2. The van der Waals surface area contributed by atoms with Crippen LogP contribution in [0.5, 0.6) is 0 Å². The average Bonchev–Trinajstić information content (AvgIpc) is 2.53. The lowest BCUT2D eigenvalue weighted by Crippen LogP contribution is -2.18. The number of pyridine rings is 1. The summed E-state index contributed by atoms with van der Waals surface area (Å²) in [6, 6.07) is 3.40. The van der Waals surface area contributed by atoms with Gasteiger partial charge in [-0.05, 0) is 11.6 Å². The Bertz CT molecular complexity index is 325. The average molecular weight is 199 g/mol. The molecule has 0 aromatic carbocycles. The van der Waals surface area contributed by atoms with E-state index in [-0.39, 0.29) is 12.1 Å². The molecule has 4 nitrogen and oxygen atoms in total. The lowest BCUT2D eigenvalue weighted by atomic mass is 10.1. The van der Waals surface area contributed by atoms with Crippen LogP contribution in [-0.4, -0.2) is 17.7 Å². The Morgan fingerprint density at radius 2 is 2.46 bits per heavy atom. The third-order valence-electron chi connectivity index (χ3n) is 1.83. The van der Waals surface area contributed by atoms with Crippen molar-refractivity contribution in [2.24, 2.45) is 0 Å². The predicted octanol–water partition coefficient (Wildman–Crippen LogP) is 1.52. The Kier molecular flexibility index (Phi) is 2.06. The Balaban J connectivity index is 2.17. The molecule has 5 heteroatoms. The maximum absolute atomic E-state index is 10.7. The van der Waals surface area contributed by atoms with Crippen LogP contribution in [0, 0.1) is 0 Å². The van der Waals surface area contributed by atoms with Gasteiger partial charge < -0.3 is 10.1 Å². The molecule has 0 aliphatic carbocycles. The molecule has 13 heavy (non-hydrogen) atoms. The molecule has 1 N–H and O–H groups in total. The smallest absolute Gasteiger partial charge is 0.407 e. The van der Waals surface area contributed by atoms with Crippen LogP contribution in [0.3, 0.4) is 0 Å². The summed E-state index contributed by atoms with van der Waals surface area (Å²) in [4.78, 5) is 14.6. The van der Waals surface area contributed by atoms with Gasteiger partial charge in [-0.2, -0.15) is 0 Å². The lowest BCUT2D eigenvalue weighted by Gasteiger charge is -2.05. The van der Waals surface area contributed by atoms with Crippen molar-refractivity contribution in [2.45, 2.75) is 6.04 Å². The van der Waals surface area contributed by atoms with Gasteiger partial charge in [0.2, 0.25) is 0 Å². The number of hydrogen-bond donors (Lipinski definition) is 1. The number of hydrogen-bond acceptors (Lipinski definition) is 3. The van der Waals surface area contributed by atoms with Gasteiger partial charge >= 0.3 is 6.09 Å². The fourth-order valence-electron chi connectivity index (χ4n) is 1.16. The molecule has 1 amide bonds. The van der Waals surface area contributed by atoms with Crippen molar-refractivity contribution in [1.29, 1.82) is 0 Å². The first kappa shape index (κ1) is 8.31. The fourth-order valence-corrected chi connectivity index (χ4v) is 1.27. The summed E-state index contributed by atoms with van der Waals surface area (Å²) >= 11 is 5.62. The molecule has 1 saturated heterocycles. The topological polar surface area (TPSA) is 51.2 Å². The minimum Gasteiger partial charge on any atom is -0.447 e. The molecule has 1 unspecified atom stereocenters.